The van der Waals surface area contributed by atoms with Gasteiger partial charge < -0.3 is 19.5 Å². The van der Waals surface area contributed by atoms with Gasteiger partial charge in [0, 0.05) is 18.9 Å². The Hall–Kier alpha value is -3.47. The quantitative estimate of drug-likeness (QED) is 0.710. The van der Waals surface area contributed by atoms with E-state index in [-0.39, 0.29) is 16.9 Å². The molecule has 0 fully saturated rings. The van der Waals surface area contributed by atoms with Gasteiger partial charge in [-0.3, -0.25) is 4.57 Å². The van der Waals surface area contributed by atoms with Crippen LogP contribution in [0.25, 0.3) is 16.8 Å². The standard InChI is InChI=1S/C15H12N4O4/c1-18-10-5-9(3-4-11(10)23-15(18)21)19-7-8(6-16)12(17)13(19)14(20)22-2/h3-5,7H,17H2,1-2H3. The number of anilines is 1. The second kappa shape index (κ2) is 5.06. The van der Waals surface area contributed by atoms with E-state index in [4.69, 9.17) is 20.1 Å². The summed E-state index contributed by atoms with van der Waals surface area (Å²) in [5.74, 6) is -1.15. The average Bonchev–Trinajstić information content (AvgIpc) is 3.03. The van der Waals surface area contributed by atoms with Gasteiger partial charge in [0.1, 0.15) is 6.07 Å². The molecule has 0 aliphatic rings. The Kier molecular flexibility index (Phi) is 3.19. The van der Waals surface area contributed by atoms with E-state index < -0.39 is 11.7 Å². The van der Waals surface area contributed by atoms with Gasteiger partial charge in [-0.15, -0.1) is 0 Å². The molecule has 0 bridgehead atoms. The number of aromatic nitrogens is 2. The number of methoxy groups -OCH3 is 1. The van der Waals surface area contributed by atoms with E-state index in [1.807, 2.05) is 6.07 Å². The van der Waals surface area contributed by atoms with Crippen molar-refractivity contribution in [2.45, 2.75) is 0 Å². The molecule has 0 saturated heterocycles. The third-order valence-electron chi connectivity index (χ3n) is 3.60. The minimum Gasteiger partial charge on any atom is -0.464 e. The van der Waals surface area contributed by atoms with Crippen LogP contribution in [0.15, 0.2) is 33.6 Å². The molecule has 116 valence electrons. The molecule has 1 aromatic carbocycles. The van der Waals surface area contributed by atoms with Gasteiger partial charge in [-0.05, 0) is 18.2 Å². The number of fused-ring (bicyclic) bond motifs is 1. The molecule has 0 unspecified atom stereocenters. The first-order valence-electron chi connectivity index (χ1n) is 6.57. The number of nitrogen functional groups attached to an aromatic ring is 1. The molecule has 2 aromatic heterocycles. The Morgan fingerprint density at radius 3 is 2.83 bits per heavy atom. The van der Waals surface area contributed by atoms with Crippen molar-refractivity contribution in [3.63, 3.8) is 0 Å². The highest BCUT2D eigenvalue weighted by Crippen LogP contribution is 2.26. The topological polar surface area (TPSA) is 116 Å². The third-order valence-corrected chi connectivity index (χ3v) is 3.60. The lowest BCUT2D eigenvalue weighted by molar-refractivity contribution is 0.0593. The number of hydrogen-bond acceptors (Lipinski definition) is 6. The highest BCUT2D eigenvalue weighted by atomic mass is 16.5. The van der Waals surface area contributed by atoms with Gasteiger partial charge in [-0.1, -0.05) is 0 Å². The number of oxazole rings is 1. The van der Waals surface area contributed by atoms with Crippen molar-refractivity contribution in [3.8, 4) is 11.8 Å². The van der Waals surface area contributed by atoms with E-state index >= 15 is 0 Å². The number of benzene rings is 1. The summed E-state index contributed by atoms with van der Waals surface area (Å²) >= 11 is 0. The largest absolute Gasteiger partial charge is 0.464 e. The van der Waals surface area contributed by atoms with Gasteiger partial charge >= 0.3 is 11.7 Å². The van der Waals surface area contributed by atoms with Crippen molar-refractivity contribution in [2.75, 3.05) is 12.8 Å². The molecule has 8 nitrogen and oxygen atoms in total. The molecule has 0 saturated carbocycles. The van der Waals surface area contributed by atoms with E-state index in [0.29, 0.717) is 16.8 Å². The first-order valence-corrected chi connectivity index (χ1v) is 6.57. The number of nitrogens with two attached hydrogens (primary N) is 1. The molecule has 2 heterocycles. The first-order chi connectivity index (χ1) is 11.0. The molecular weight excluding hydrogens is 300 g/mol. The minimum atomic E-state index is -0.662. The van der Waals surface area contributed by atoms with Gasteiger partial charge in [0.25, 0.3) is 0 Å². The maximum Gasteiger partial charge on any atom is 0.419 e. The second-order valence-corrected chi connectivity index (χ2v) is 4.86. The van der Waals surface area contributed by atoms with Crippen LogP contribution in [0.1, 0.15) is 16.1 Å². The zero-order valence-corrected chi connectivity index (χ0v) is 12.4. The summed E-state index contributed by atoms with van der Waals surface area (Å²) in [6.07, 6.45) is 1.45. The Morgan fingerprint density at radius 1 is 1.43 bits per heavy atom. The number of nitriles is 1. The minimum absolute atomic E-state index is 0.0422. The average molecular weight is 312 g/mol. The van der Waals surface area contributed by atoms with Crippen LogP contribution >= 0.6 is 0 Å². The van der Waals surface area contributed by atoms with Crippen LogP contribution in [0.5, 0.6) is 0 Å². The highest BCUT2D eigenvalue weighted by molar-refractivity contribution is 5.96. The second-order valence-electron chi connectivity index (χ2n) is 4.86. The normalized spacial score (nSPS) is 10.7. The Bertz CT molecular complexity index is 1030. The predicted molar refractivity (Wildman–Crippen MR) is 81.2 cm³/mol. The fraction of sp³-hybridized carbons (Fsp3) is 0.133. The zero-order valence-electron chi connectivity index (χ0n) is 12.4. The molecule has 0 radical (unpaired) electrons. The van der Waals surface area contributed by atoms with Gasteiger partial charge in [0.05, 0.1) is 23.9 Å². The van der Waals surface area contributed by atoms with E-state index in [2.05, 4.69) is 0 Å². The number of esters is 1. The highest BCUT2D eigenvalue weighted by Gasteiger charge is 2.22. The molecule has 3 rings (SSSR count). The molecule has 0 spiro atoms. The van der Waals surface area contributed by atoms with Gasteiger partial charge in [0.2, 0.25) is 0 Å². The summed E-state index contributed by atoms with van der Waals surface area (Å²) in [6, 6.07) is 6.85. The summed E-state index contributed by atoms with van der Waals surface area (Å²) in [5.41, 5.74) is 7.62. The Labute approximate surface area is 129 Å². The maximum absolute atomic E-state index is 12.0. The molecule has 0 aliphatic carbocycles. The van der Waals surface area contributed by atoms with Crippen molar-refractivity contribution < 1.29 is 13.9 Å². The monoisotopic (exact) mass is 312 g/mol. The molecular formula is C15H12N4O4. The summed E-state index contributed by atoms with van der Waals surface area (Å²) in [4.78, 5) is 23.6. The number of hydrogen-bond donors (Lipinski definition) is 1. The number of ether oxygens (including phenoxy) is 1. The molecule has 23 heavy (non-hydrogen) atoms. The van der Waals surface area contributed by atoms with E-state index in [9.17, 15) is 9.59 Å². The molecule has 0 aliphatic heterocycles. The lowest BCUT2D eigenvalue weighted by atomic mass is 10.2. The van der Waals surface area contributed by atoms with Crippen LogP contribution in [0.2, 0.25) is 0 Å². The van der Waals surface area contributed by atoms with Crippen LogP contribution in [0, 0.1) is 11.3 Å². The van der Waals surface area contributed by atoms with Crippen molar-refractivity contribution in [3.05, 3.63) is 46.2 Å². The SMILES string of the molecule is COC(=O)c1c(N)c(C#N)cn1-c1ccc2oc(=O)n(C)c2c1. The summed E-state index contributed by atoms with van der Waals surface area (Å²) in [7, 11) is 2.80. The van der Waals surface area contributed by atoms with Crippen LogP contribution in [0.4, 0.5) is 5.69 Å². The fourth-order valence-corrected chi connectivity index (χ4v) is 2.38. The number of aryl methyl sites for hydroxylation is 1. The van der Waals surface area contributed by atoms with Crippen LogP contribution in [-0.4, -0.2) is 22.2 Å². The number of carbonyl (C=O) groups excluding carboxylic acids is 1. The van der Waals surface area contributed by atoms with Crippen LogP contribution < -0.4 is 11.5 Å². The maximum atomic E-state index is 12.0. The van der Waals surface area contributed by atoms with E-state index in [1.54, 1.807) is 25.2 Å². The lowest BCUT2D eigenvalue weighted by Gasteiger charge is -2.08. The summed E-state index contributed by atoms with van der Waals surface area (Å²) < 4.78 is 12.6. The number of rotatable bonds is 2. The van der Waals surface area contributed by atoms with Gasteiger partial charge in [-0.25, -0.2) is 9.59 Å². The van der Waals surface area contributed by atoms with Crippen molar-refractivity contribution in [2.24, 2.45) is 7.05 Å². The van der Waals surface area contributed by atoms with Crippen molar-refractivity contribution >= 4 is 22.8 Å². The molecule has 2 N–H and O–H groups in total. The summed E-state index contributed by atoms with van der Waals surface area (Å²) in [5, 5.41) is 9.12. The molecule has 0 atom stereocenters. The summed E-state index contributed by atoms with van der Waals surface area (Å²) in [6.45, 7) is 0. The van der Waals surface area contributed by atoms with Gasteiger partial charge in [-0.2, -0.15) is 5.26 Å². The smallest absolute Gasteiger partial charge is 0.419 e. The van der Waals surface area contributed by atoms with Crippen LogP contribution in [-0.2, 0) is 11.8 Å². The van der Waals surface area contributed by atoms with Crippen LogP contribution in [0.3, 0.4) is 0 Å². The molecule has 8 heteroatoms. The Morgan fingerprint density at radius 2 is 2.17 bits per heavy atom. The number of carbonyl (C=O) groups is 1. The number of nitrogens with zero attached hydrogens (tertiary/aromatic N) is 3. The first kappa shape index (κ1) is 14.5. The molecule has 3 aromatic rings. The van der Waals surface area contributed by atoms with Crippen molar-refractivity contribution in [1.82, 2.24) is 9.13 Å². The third kappa shape index (κ3) is 2.06. The van der Waals surface area contributed by atoms with Crippen molar-refractivity contribution in [1.29, 1.82) is 5.26 Å². The Balaban J connectivity index is 2.30. The van der Waals surface area contributed by atoms with Gasteiger partial charge in [0.15, 0.2) is 11.3 Å². The fourth-order valence-electron chi connectivity index (χ4n) is 2.38. The lowest BCUT2D eigenvalue weighted by Crippen LogP contribution is -2.11. The predicted octanol–water partition coefficient (Wildman–Crippen LogP) is 1.16. The zero-order chi connectivity index (χ0) is 16.7. The molecule has 0 amide bonds. The van der Waals surface area contributed by atoms with E-state index in [0.717, 1.165) is 0 Å². The van der Waals surface area contributed by atoms with E-state index in [1.165, 1.54) is 22.4 Å².